The largest absolute Gasteiger partial charge is 0.354 e. The molecule has 1 aromatic rings. The van der Waals surface area contributed by atoms with Crippen LogP contribution in [-0.2, 0) is 9.59 Å². The second-order valence-electron chi connectivity index (χ2n) is 4.22. The fraction of sp³-hybridized carbons (Fsp3) is 0.385. The summed E-state index contributed by atoms with van der Waals surface area (Å²) in [5, 5.41) is 2.66. The minimum atomic E-state index is -0.694. The number of hydrogen-bond acceptors (Lipinski definition) is 3. The Balaban J connectivity index is 2.40. The first-order valence-corrected chi connectivity index (χ1v) is 5.80. The van der Waals surface area contributed by atoms with Gasteiger partial charge in [-0.1, -0.05) is 30.3 Å². The quantitative estimate of drug-likeness (QED) is 0.787. The number of hydrogen-bond donors (Lipinski definition) is 2. The lowest BCUT2D eigenvalue weighted by Crippen LogP contribution is -2.36. The van der Waals surface area contributed by atoms with Crippen molar-refractivity contribution in [2.75, 3.05) is 20.6 Å². The Morgan fingerprint density at radius 1 is 1.28 bits per heavy atom. The van der Waals surface area contributed by atoms with Crippen LogP contribution in [0.25, 0.3) is 0 Å². The average molecular weight is 249 g/mol. The topological polar surface area (TPSA) is 75.4 Å². The van der Waals surface area contributed by atoms with Gasteiger partial charge in [0, 0.05) is 27.1 Å². The van der Waals surface area contributed by atoms with Crippen LogP contribution in [0.1, 0.15) is 18.0 Å². The highest BCUT2D eigenvalue weighted by Gasteiger charge is 2.15. The van der Waals surface area contributed by atoms with Crippen molar-refractivity contribution in [1.82, 2.24) is 10.2 Å². The van der Waals surface area contributed by atoms with E-state index in [2.05, 4.69) is 5.32 Å². The third-order valence-corrected chi connectivity index (χ3v) is 2.58. The first kappa shape index (κ1) is 14.2. The van der Waals surface area contributed by atoms with Gasteiger partial charge in [-0.05, 0) is 5.56 Å². The van der Waals surface area contributed by atoms with Crippen molar-refractivity contribution in [2.24, 2.45) is 5.73 Å². The lowest BCUT2D eigenvalue weighted by Gasteiger charge is -2.13. The van der Waals surface area contributed by atoms with Crippen molar-refractivity contribution in [3.05, 3.63) is 35.9 Å². The van der Waals surface area contributed by atoms with E-state index < -0.39 is 6.04 Å². The van der Waals surface area contributed by atoms with Gasteiger partial charge in [0.15, 0.2) is 0 Å². The summed E-state index contributed by atoms with van der Waals surface area (Å²) in [6.45, 7) is 0.302. The van der Waals surface area contributed by atoms with Crippen LogP contribution in [-0.4, -0.2) is 37.4 Å². The highest BCUT2D eigenvalue weighted by molar-refractivity contribution is 5.83. The summed E-state index contributed by atoms with van der Waals surface area (Å²) >= 11 is 0. The first-order chi connectivity index (χ1) is 8.52. The molecule has 0 aliphatic rings. The highest BCUT2D eigenvalue weighted by atomic mass is 16.2. The first-order valence-electron chi connectivity index (χ1n) is 5.80. The minimum absolute atomic E-state index is 0.0245. The molecular formula is C13H19N3O2. The Bertz CT molecular complexity index is 404. The smallest absolute Gasteiger partial charge is 0.241 e. The summed E-state index contributed by atoms with van der Waals surface area (Å²) in [4.78, 5) is 24.5. The van der Waals surface area contributed by atoms with E-state index >= 15 is 0 Å². The molecule has 0 saturated carbocycles. The molecule has 0 fully saturated rings. The molecule has 0 heterocycles. The van der Waals surface area contributed by atoms with Crippen LogP contribution >= 0.6 is 0 Å². The maximum Gasteiger partial charge on any atom is 0.241 e. The van der Waals surface area contributed by atoms with Crippen molar-refractivity contribution >= 4 is 11.8 Å². The predicted octanol–water partition coefficient (Wildman–Crippen LogP) is 0.281. The summed E-state index contributed by atoms with van der Waals surface area (Å²) in [5.41, 5.74) is 6.57. The second kappa shape index (κ2) is 6.76. The molecule has 0 aliphatic heterocycles. The number of nitrogens with one attached hydrogen (secondary N) is 1. The summed E-state index contributed by atoms with van der Waals surface area (Å²) in [5.74, 6) is -0.295. The number of amides is 2. The van der Waals surface area contributed by atoms with Crippen LogP contribution in [0.15, 0.2) is 30.3 Å². The fourth-order valence-corrected chi connectivity index (χ4v) is 1.44. The maximum absolute atomic E-state index is 11.7. The van der Waals surface area contributed by atoms with Crippen LogP contribution < -0.4 is 11.1 Å². The van der Waals surface area contributed by atoms with Gasteiger partial charge in [-0.3, -0.25) is 9.59 Å². The fourth-order valence-electron chi connectivity index (χ4n) is 1.44. The summed E-state index contributed by atoms with van der Waals surface area (Å²) in [6, 6.07) is 8.44. The van der Waals surface area contributed by atoms with Gasteiger partial charge < -0.3 is 16.0 Å². The Hall–Kier alpha value is -1.88. The number of carbonyl (C=O) groups is 2. The van der Waals surface area contributed by atoms with Crippen molar-refractivity contribution in [3.63, 3.8) is 0 Å². The second-order valence-corrected chi connectivity index (χ2v) is 4.22. The van der Waals surface area contributed by atoms with E-state index in [0.717, 1.165) is 5.56 Å². The van der Waals surface area contributed by atoms with Crippen LogP contribution in [0.2, 0.25) is 0 Å². The lowest BCUT2D eigenvalue weighted by atomic mass is 10.1. The molecule has 5 nitrogen and oxygen atoms in total. The monoisotopic (exact) mass is 249 g/mol. The Morgan fingerprint density at radius 3 is 2.44 bits per heavy atom. The normalized spacial score (nSPS) is 11.7. The van der Waals surface area contributed by atoms with Gasteiger partial charge in [0.2, 0.25) is 11.8 Å². The molecule has 0 saturated heterocycles. The standard InChI is InChI=1S/C13H19N3O2/c1-16(2)11(17)8-9-15-13(18)12(14)10-6-4-3-5-7-10/h3-7,12H,8-9,14H2,1-2H3,(H,15,18)/t12-/m1/s1. The molecule has 18 heavy (non-hydrogen) atoms. The SMILES string of the molecule is CN(C)C(=O)CCNC(=O)[C@H](N)c1ccccc1. The third-order valence-electron chi connectivity index (χ3n) is 2.58. The van der Waals surface area contributed by atoms with E-state index in [4.69, 9.17) is 5.73 Å². The van der Waals surface area contributed by atoms with E-state index in [0.29, 0.717) is 6.54 Å². The van der Waals surface area contributed by atoms with Gasteiger partial charge in [-0.25, -0.2) is 0 Å². The third kappa shape index (κ3) is 4.18. The average Bonchev–Trinajstić information content (AvgIpc) is 2.38. The van der Waals surface area contributed by atoms with Crippen molar-refractivity contribution in [2.45, 2.75) is 12.5 Å². The molecule has 5 heteroatoms. The van der Waals surface area contributed by atoms with E-state index in [1.54, 1.807) is 26.2 Å². The molecule has 1 aromatic carbocycles. The van der Waals surface area contributed by atoms with Crippen LogP contribution in [0.4, 0.5) is 0 Å². The van der Waals surface area contributed by atoms with E-state index in [9.17, 15) is 9.59 Å². The summed E-state index contributed by atoms with van der Waals surface area (Å²) in [7, 11) is 3.36. The van der Waals surface area contributed by atoms with Crippen molar-refractivity contribution < 1.29 is 9.59 Å². The zero-order valence-corrected chi connectivity index (χ0v) is 10.7. The summed E-state index contributed by atoms with van der Waals surface area (Å²) < 4.78 is 0. The highest BCUT2D eigenvalue weighted by Crippen LogP contribution is 2.08. The van der Waals surface area contributed by atoms with E-state index in [1.165, 1.54) is 4.90 Å². The van der Waals surface area contributed by atoms with Gasteiger partial charge in [-0.15, -0.1) is 0 Å². The lowest BCUT2D eigenvalue weighted by molar-refractivity contribution is -0.128. The van der Waals surface area contributed by atoms with Crippen LogP contribution in [0, 0.1) is 0 Å². The number of rotatable bonds is 5. The number of carbonyl (C=O) groups excluding carboxylic acids is 2. The van der Waals surface area contributed by atoms with Crippen molar-refractivity contribution in [1.29, 1.82) is 0 Å². The molecule has 1 rings (SSSR count). The molecule has 1 atom stereocenters. The van der Waals surface area contributed by atoms with Gasteiger partial charge >= 0.3 is 0 Å². The molecule has 0 aliphatic carbocycles. The molecule has 2 amide bonds. The molecule has 3 N–H and O–H groups in total. The molecule has 0 spiro atoms. The molecule has 98 valence electrons. The maximum atomic E-state index is 11.7. The van der Waals surface area contributed by atoms with Gasteiger partial charge in [0.1, 0.15) is 6.04 Å². The molecular weight excluding hydrogens is 230 g/mol. The van der Waals surface area contributed by atoms with Crippen molar-refractivity contribution in [3.8, 4) is 0 Å². The molecule has 0 bridgehead atoms. The van der Waals surface area contributed by atoms with Crippen LogP contribution in [0.5, 0.6) is 0 Å². The predicted molar refractivity (Wildman–Crippen MR) is 69.7 cm³/mol. The Morgan fingerprint density at radius 2 is 1.89 bits per heavy atom. The minimum Gasteiger partial charge on any atom is -0.354 e. The van der Waals surface area contributed by atoms with Gasteiger partial charge in [-0.2, -0.15) is 0 Å². The van der Waals surface area contributed by atoms with E-state index in [-0.39, 0.29) is 18.2 Å². The number of nitrogens with zero attached hydrogens (tertiary/aromatic N) is 1. The summed E-state index contributed by atoms with van der Waals surface area (Å²) in [6.07, 6.45) is 0.278. The Kier molecular flexibility index (Phi) is 5.32. The Labute approximate surface area is 107 Å². The molecule has 0 aromatic heterocycles. The molecule has 0 radical (unpaired) electrons. The number of benzene rings is 1. The van der Waals surface area contributed by atoms with Gasteiger partial charge in [0.25, 0.3) is 0 Å². The van der Waals surface area contributed by atoms with E-state index in [1.807, 2.05) is 18.2 Å². The van der Waals surface area contributed by atoms with Crippen LogP contribution in [0.3, 0.4) is 0 Å². The molecule has 0 unspecified atom stereocenters. The zero-order chi connectivity index (χ0) is 13.5. The zero-order valence-electron chi connectivity index (χ0n) is 10.7. The van der Waals surface area contributed by atoms with Gasteiger partial charge in [0.05, 0.1) is 0 Å². The number of nitrogens with two attached hydrogens (primary N) is 1.